The Balaban J connectivity index is 0.00000392. The van der Waals surface area contributed by atoms with Gasteiger partial charge in [-0.15, -0.1) is 0 Å². The first kappa shape index (κ1) is 45.0. The van der Waals surface area contributed by atoms with Gasteiger partial charge in [-0.25, -0.2) is 0 Å². The number of carbonyl (C=O) groups is 2. The monoisotopic (exact) mass is 746 g/mol. The van der Waals surface area contributed by atoms with E-state index >= 15 is 0 Å². The summed E-state index contributed by atoms with van der Waals surface area (Å²) >= 11 is 0. The molecular formula is C40H44N8Na2O4. The molecule has 4 heterocycles. The fraction of sp³-hybridized carbons (Fsp3) is 0.300. The molecule has 12 nitrogen and oxygen atoms in total. The standard InChI is InChI=1S/C40H46N8O4.2Na/c49-39(50)31-45(20-22-47(27-35-12-1-5-16-41-35)28-36-13-2-6-17-42-36)25-33-10-9-11-34(24-33)26-46(32-40(51)52)21-23-48(29-37-14-3-7-18-43-37)30-38-15-4-8-19-44-38;;/h1-19,24H,20-23,25-32H2,(H,49,50)(H,51,52);;/q;2*+1/p-2. The van der Waals surface area contributed by atoms with Gasteiger partial charge in [0.15, 0.2) is 0 Å². The molecular weight excluding hydrogens is 702 g/mol. The van der Waals surface area contributed by atoms with Gasteiger partial charge in [-0.3, -0.25) is 39.5 Å². The summed E-state index contributed by atoms with van der Waals surface area (Å²) in [5.41, 5.74) is 5.48. The fourth-order valence-electron chi connectivity index (χ4n) is 6.01. The molecule has 0 N–H and O–H groups in total. The van der Waals surface area contributed by atoms with E-state index in [9.17, 15) is 19.8 Å². The van der Waals surface area contributed by atoms with Crippen molar-refractivity contribution in [1.82, 2.24) is 39.5 Å². The van der Waals surface area contributed by atoms with Crippen LogP contribution in [0.2, 0.25) is 0 Å². The minimum atomic E-state index is -1.15. The Morgan fingerprint density at radius 3 is 1.02 bits per heavy atom. The molecule has 270 valence electrons. The third-order valence-corrected chi connectivity index (χ3v) is 8.42. The summed E-state index contributed by atoms with van der Waals surface area (Å²) in [4.78, 5) is 49.7. The molecule has 0 aliphatic rings. The van der Waals surface area contributed by atoms with E-state index in [1.165, 1.54) is 0 Å². The number of nitrogens with zero attached hydrogens (tertiary/aromatic N) is 8. The Bertz CT molecular complexity index is 1590. The largest absolute Gasteiger partial charge is 1.00 e. The molecule has 0 unspecified atom stereocenters. The maximum atomic E-state index is 11.8. The van der Waals surface area contributed by atoms with Gasteiger partial charge in [-0.05, 0) is 59.7 Å². The molecule has 4 aromatic heterocycles. The van der Waals surface area contributed by atoms with E-state index in [4.69, 9.17) is 0 Å². The quantitative estimate of drug-likeness (QED) is 0.0634. The van der Waals surface area contributed by atoms with Crippen molar-refractivity contribution in [3.05, 3.63) is 156 Å². The Morgan fingerprint density at radius 1 is 0.426 bits per heavy atom. The second kappa shape index (κ2) is 24.9. The molecule has 1 aromatic carbocycles. The van der Waals surface area contributed by atoms with Crippen molar-refractivity contribution in [2.45, 2.75) is 39.3 Å². The van der Waals surface area contributed by atoms with Crippen LogP contribution in [0.3, 0.4) is 0 Å². The van der Waals surface area contributed by atoms with Gasteiger partial charge in [0.05, 0.1) is 34.7 Å². The van der Waals surface area contributed by atoms with E-state index < -0.39 is 11.9 Å². The van der Waals surface area contributed by atoms with Crippen LogP contribution < -0.4 is 69.3 Å². The molecule has 0 bridgehead atoms. The predicted molar refractivity (Wildman–Crippen MR) is 192 cm³/mol. The first-order chi connectivity index (χ1) is 25.4. The van der Waals surface area contributed by atoms with Gasteiger partial charge in [0.1, 0.15) is 0 Å². The van der Waals surface area contributed by atoms with Crippen molar-refractivity contribution in [1.29, 1.82) is 0 Å². The van der Waals surface area contributed by atoms with Crippen LogP contribution in [0.4, 0.5) is 0 Å². The summed E-state index contributed by atoms with van der Waals surface area (Å²) in [5.74, 6) is -2.31. The second-order valence-electron chi connectivity index (χ2n) is 12.7. The maximum absolute atomic E-state index is 11.8. The number of aliphatic carboxylic acids is 2. The molecule has 5 rings (SSSR count). The van der Waals surface area contributed by atoms with Crippen LogP contribution in [-0.4, -0.2) is 90.7 Å². The van der Waals surface area contributed by atoms with Crippen molar-refractivity contribution >= 4 is 11.9 Å². The van der Waals surface area contributed by atoms with Crippen LogP contribution in [-0.2, 0) is 48.9 Å². The van der Waals surface area contributed by atoms with Crippen LogP contribution in [0.25, 0.3) is 0 Å². The topological polar surface area (TPSA) is 145 Å². The molecule has 0 fully saturated rings. The molecule has 0 amide bonds. The fourth-order valence-corrected chi connectivity index (χ4v) is 6.01. The third kappa shape index (κ3) is 17.0. The van der Waals surface area contributed by atoms with E-state index in [-0.39, 0.29) is 72.2 Å². The summed E-state index contributed by atoms with van der Waals surface area (Å²) in [6.07, 6.45) is 7.05. The molecule has 0 saturated heterocycles. The van der Waals surface area contributed by atoms with Crippen LogP contribution in [0.1, 0.15) is 33.9 Å². The summed E-state index contributed by atoms with van der Waals surface area (Å²) in [7, 11) is 0. The Labute approximate surface area is 361 Å². The zero-order chi connectivity index (χ0) is 36.4. The minimum absolute atomic E-state index is 0. The van der Waals surface area contributed by atoms with Crippen molar-refractivity contribution < 1.29 is 78.9 Å². The number of carbonyl (C=O) groups excluding carboxylic acids is 2. The van der Waals surface area contributed by atoms with E-state index in [2.05, 4.69) is 29.7 Å². The van der Waals surface area contributed by atoms with Gasteiger partial charge in [-0.2, -0.15) is 0 Å². The molecule has 5 aromatic rings. The number of rotatable bonds is 22. The molecule has 0 saturated carbocycles. The molecule has 14 heteroatoms. The van der Waals surface area contributed by atoms with Crippen LogP contribution in [0, 0.1) is 0 Å². The summed E-state index contributed by atoms with van der Waals surface area (Å²) in [6, 6.07) is 31.0. The molecule has 0 radical (unpaired) electrons. The summed E-state index contributed by atoms with van der Waals surface area (Å²) in [5, 5.41) is 23.7. The third-order valence-electron chi connectivity index (χ3n) is 8.42. The van der Waals surface area contributed by atoms with E-state index in [1.807, 2.05) is 107 Å². The van der Waals surface area contributed by atoms with E-state index in [1.54, 1.807) is 24.8 Å². The zero-order valence-corrected chi connectivity index (χ0v) is 35.2. The number of pyridine rings is 4. The van der Waals surface area contributed by atoms with Crippen molar-refractivity contribution in [2.75, 3.05) is 39.3 Å². The zero-order valence-electron chi connectivity index (χ0n) is 31.2. The van der Waals surface area contributed by atoms with Gasteiger partial charge in [0.25, 0.3) is 0 Å². The van der Waals surface area contributed by atoms with Crippen molar-refractivity contribution in [3.63, 3.8) is 0 Å². The van der Waals surface area contributed by atoms with Crippen LogP contribution >= 0.6 is 0 Å². The first-order valence-corrected chi connectivity index (χ1v) is 17.3. The van der Waals surface area contributed by atoms with Crippen molar-refractivity contribution in [2.24, 2.45) is 0 Å². The maximum Gasteiger partial charge on any atom is 1.00 e. The number of aromatic nitrogens is 4. The average molecular weight is 747 g/mol. The Hall–Kier alpha value is -3.40. The molecule has 0 atom stereocenters. The second-order valence-corrected chi connectivity index (χ2v) is 12.7. The number of hydrogen-bond acceptors (Lipinski definition) is 12. The van der Waals surface area contributed by atoms with Gasteiger partial charge in [0.2, 0.25) is 0 Å². The first-order valence-electron chi connectivity index (χ1n) is 17.3. The van der Waals surface area contributed by atoms with Gasteiger partial charge in [-0.1, -0.05) is 48.5 Å². The predicted octanol–water partition coefficient (Wildman–Crippen LogP) is -4.22. The normalized spacial score (nSPS) is 11.0. The molecule has 0 spiro atoms. The SMILES string of the molecule is O=C([O-])CN(CCN(Cc1ccccn1)Cc1ccccn1)Cc1cccc(CN(CCN(Cc2ccccn2)Cc2ccccn2)CC(=O)[O-])c1.[Na+].[Na+]. The van der Waals surface area contributed by atoms with Gasteiger partial charge >= 0.3 is 59.1 Å². The van der Waals surface area contributed by atoms with Gasteiger partial charge < -0.3 is 19.8 Å². The van der Waals surface area contributed by atoms with E-state index in [0.717, 1.165) is 33.9 Å². The number of carboxylic acid groups (broad SMARTS) is 2. The van der Waals surface area contributed by atoms with E-state index in [0.29, 0.717) is 65.4 Å². The smallest absolute Gasteiger partial charge is 0.549 e. The number of hydrogen-bond donors (Lipinski definition) is 0. The summed E-state index contributed by atoms with van der Waals surface area (Å²) in [6.45, 7) is 4.73. The average Bonchev–Trinajstić information content (AvgIpc) is 3.14. The van der Waals surface area contributed by atoms with Crippen LogP contribution in [0.5, 0.6) is 0 Å². The molecule has 0 aliphatic carbocycles. The number of carboxylic acids is 2. The van der Waals surface area contributed by atoms with Crippen molar-refractivity contribution in [3.8, 4) is 0 Å². The van der Waals surface area contributed by atoms with Crippen LogP contribution in [0.15, 0.2) is 122 Å². The molecule has 0 aliphatic heterocycles. The number of benzene rings is 1. The minimum Gasteiger partial charge on any atom is -0.549 e. The summed E-state index contributed by atoms with van der Waals surface area (Å²) < 4.78 is 0. The Kier molecular flexibility index (Phi) is 20.7. The van der Waals surface area contributed by atoms with Gasteiger partial charge in [0, 0.05) is 103 Å². The Morgan fingerprint density at radius 2 is 0.741 bits per heavy atom. The molecule has 54 heavy (non-hydrogen) atoms.